The Labute approximate surface area is 201 Å². The Hall–Kier alpha value is -2.78. The molecule has 1 saturated heterocycles. The summed E-state index contributed by atoms with van der Waals surface area (Å²) in [5, 5.41) is 6.42. The van der Waals surface area contributed by atoms with E-state index in [2.05, 4.69) is 15.6 Å². The highest BCUT2D eigenvalue weighted by atomic mass is 35.5. The molecule has 0 spiro atoms. The molecule has 0 radical (unpaired) electrons. The average Bonchev–Trinajstić information content (AvgIpc) is 3.44. The van der Waals surface area contributed by atoms with Crippen molar-refractivity contribution in [2.24, 2.45) is 0 Å². The van der Waals surface area contributed by atoms with Crippen molar-refractivity contribution in [2.75, 3.05) is 25.1 Å². The molecule has 33 heavy (non-hydrogen) atoms. The van der Waals surface area contributed by atoms with Gasteiger partial charge in [-0.1, -0.05) is 29.3 Å². The van der Waals surface area contributed by atoms with Gasteiger partial charge in [0.25, 0.3) is 0 Å². The maximum Gasteiger partial charge on any atom is 0.319 e. The molecule has 1 fully saturated rings. The molecular formula is C23H24Cl2N4O4. The van der Waals surface area contributed by atoms with E-state index >= 15 is 0 Å². The first kappa shape index (κ1) is 23.4. The number of nitrogens with zero attached hydrogens (tertiary/aromatic N) is 2. The second kappa shape index (κ2) is 10.4. The van der Waals surface area contributed by atoms with Gasteiger partial charge in [-0.05, 0) is 43.3 Å². The average molecular weight is 491 g/mol. The number of carbonyl (C=O) groups is 1. The van der Waals surface area contributed by atoms with Gasteiger partial charge in [-0.3, -0.25) is 0 Å². The lowest BCUT2D eigenvalue weighted by Crippen LogP contribution is -2.34. The van der Waals surface area contributed by atoms with Crippen molar-refractivity contribution >= 4 is 34.9 Å². The van der Waals surface area contributed by atoms with Crippen LogP contribution in [0.15, 0.2) is 61.2 Å². The molecule has 8 nitrogen and oxygen atoms in total. The summed E-state index contributed by atoms with van der Waals surface area (Å²) in [5.41, 5.74) is 1.36. The Bertz CT molecular complexity index is 1080. The van der Waals surface area contributed by atoms with Crippen molar-refractivity contribution in [3.05, 3.63) is 76.8 Å². The maximum atomic E-state index is 11.6. The number of halogens is 2. The number of anilines is 1. The molecule has 1 aliphatic rings. The molecule has 4 rings (SSSR count). The van der Waals surface area contributed by atoms with E-state index in [1.165, 1.54) is 0 Å². The van der Waals surface area contributed by atoms with Gasteiger partial charge in [-0.25, -0.2) is 9.78 Å². The van der Waals surface area contributed by atoms with E-state index in [1.54, 1.807) is 48.9 Å². The van der Waals surface area contributed by atoms with Crippen LogP contribution >= 0.6 is 23.2 Å². The first-order chi connectivity index (χ1) is 16.0. The second-order valence-electron chi connectivity index (χ2n) is 7.48. The van der Waals surface area contributed by atoms with Crippen LogP contribution < -0.4 is 15.4 Å². The number of hydrogen-bond donors (Lipinski definition) is 2. The van der Waals surface area contributed by atoms with Crippen molar-refractivity contribution in [1.82, 2.24) is 14.9 Å². The van der Waals surface area contributed by atoms with Gasteiger partial charge < -0.3 is 29.4 Å². The fourth-order valence-corrected chi connectivity index (χ4v) is 4.09. The number of nitrogens with one attached hydrogen (secondary N) is 2. The largest absolute Gasteiger partial charge is 0.491 e. The van der Waals surface area contributed by atoms with Crippen molar-refractivity contribution in [1.29, 1.82) is 0 Å². The number of hydrogen-bond acceptors (Lipinski definition) is 5. The topological polar surface area (TPSA) is 86.6 Å². The molecule has 2 atom stereocenters. The van der Waals surface area contributed by atoms with Crippen LogP contribution in [0.5, 0.6) is 5.75 Å². The van der Waals surface area contributed by atoms with Gasteiger partial charge in [-0.2, -0.15) is 0 Å². The van der Waals surface area contributed by atoms with Crippen LogP contribution in [0, 0.1) is 0 Å². The molecule has 0 bridgehead atoms. The molecule has 0 saturated carbocycles. The lowest BCUT2D eigenvalue weighted by atomic mass is 10.1. The van der Waals surface area contributed by atoms with Crippen molar-refractivity contribution < 1.29 is 19.0 Å². The molecule has 2 N–H and O–H groups in total. The fourth-order valence-electron chi connectivity index (χ4n) is 3.53. The second-order valence-corrected chi connectivity index (χ2v) is 8.33. The van der Waals surface area contributed by atoms with E-state index in [-0.39, 0.29) is 18.7 Å². The van der Waals surface area contributed by atoms with Crippen LogP contribution in [0.1, 0.15) is 12.5 Å². The summed E-state index contributed by atoms with van der Waals surface area (Å²) in [6, 6.07) is 12.1. The number of rotatable bonds is 8. The van der Waals surface area contributed by atoms with Crippen LogP contribution in [-0.4, -0.2) is 41.4 Å². The standard InChI is InChI=1S/C23H24Cl2N4O4/c1-2-27-22(30)28-17-4-6-18(7-5-17)31-12-19-13-32-23(33-19,14-29-10-9-26-15-29)20-8-3-16(24)11-21(20)25/h3-11,15,19H,2,12-14H2,1H3,(H2,27,28,30). The normalized spacial score (nSPS) is 19.9. The molecule has 2 amide bonds. The summed E-state index contributed by atoms with van der Waals surface area (Å²) in [6.45, 7) is 3.38. The smallest absolute Gasteiger partial charge is 0.319 e. The van der Waals surface area contributed by atoms with E-state index in [0.29, 0.717) is 46.7 Å². The molecule has 2 aromatic carbocycles. The molecule has 174 valence electrons. The van der Waals surface area contributed by atoms with E-state index in [1.807, 2.05) is 23.8 Å². The number of carbonyl (C=O) groups excluding carboxylic acids is 1. The molecule has 0 aliphatic carbocycles. The number of benzene rings is 2. The van der Waals surface area contributed by atoms with Crippen LogP contribution in [0.3, 0.4) is 0 Å². The van der Waals surface area contributed by atoms with Crippen molar-refractivity contribution in [3.8, 4) is 5.75 Å². The number of ether oxygens (including phenoxy) is 3. The molecule has 2 heterocycles. The lowest BCUT2D eigenvalue weighted by Gasteiger charge is -2.30. The summed E-state index contributed by atoms with van der Waals surface area (Å²) >= 11 is 12.6. The van der Waals surface area contributed by atoms with Crippen LogP contribution in [0.4, 0.5) is 10.5 Å². The zero-order chi connectivity index (χ0) is 23.3. The van der Waals surface area contributed by atoms with Crippen molar-refractivity contribution in [2.45, 2.75) is 25.4 Å². The summed E-state index contributed by atoms with van der Waals surface area (Å²) in [7, 11) is 0. The predicted octanol–water partition coefficient (Wildman–Crippen LogP) is 4.68. The minimum atomic E-state index is -1.10. The van der Waals surface area contributed by atoms with Crippen LogP contribution in [0.25, 0.3) is 0 Å². The van der Waals surface area contributed by atoms with Crippen molar-refractivity contribution in [3.63, 3.8) is 0 Å². The Morgan fingerprint density at radius 1 is 1.27 bits per heavy atom. The molecule has 10 heteroatoms. The van der Waals surface area contributed by atoms with E-state index in [0.717, 1.165) is 0 Å². The van der Waals surface area contributed by atoms with Gasteiger partial charge in [-0.15, -0.1) is 0 Å². The lowest BCUT2D eigenvalue weighted by molar-refractivity contribution is -0.189. The highest BCUT2D eigenvalue weighted by molar-refractivity contribution is 6.35. The minimum absolute atomic E-state index is 0.252. The highest BCUT2D eigenvalue weighted by Crippen LogP contribution is 2.40. The van der Waals surface area contributed by atoms with Gasteiger partial charge in [0.2, 0.25) is 5.79 Å². The van der Waals surface area contributed by atoms with E-state index in [4.69, 9.17) is 37.4 Å². The zero-order valence-electron chi connectivity index (χ0n) is 18.0. The Morgan fingerprint density at radius 3 is 2.79 bits per heavy atom. The first-order valence-corrected chi connectivity index (χ1v) is 11.2. The van der Waals surface area contributed by atoms with E-state index < -0.39 is 5.79 Å². The minimum Gasteiger partial charge on any atom is -0.491 e. The number of amides is 2. The molecule has 1 aromatic heterocycles. The van der Waals surface area contributed by atoms with Gasteiger partial charge in [0.05, 0.1) is 24.5 Å². The third kappa shape index (κ3) is 5.78. The zero-order valence-corrected chi connectivity index (χ0v) is 19.5. The number of aromatic nitrogens is 2. The quantitative estimate of drug-likeness (QED) is 0.478. The summed E-state index contributed by atoms with van der Waals surface area (Å²) in [5.74, 6) is -0.451. The fraction of sp³-hybridized carbons (Fsp3) is 0.304. The Morgan fingerprint density at radius 2 is 2.09 bits per heavy atom. The molecule has 2 unspecified atom stereocenters. The van der Waals surface area contributed by atoms with Gasteiger partial charge >= 0.3 is 6.03 Å². The van der Waals surface area contributed by atoms with Crippen LogP contribution in [-0.2, 0) is 21.8 Å². The summed E-state index contributed by atoms with van der Waals surface area (Å²) < 4.78 is 20.3. The first-order valence-electron chi connectivity index (χ1n) is 10.5. The number of urea groups is 1. The Balaban J connectivity index is 1.42. The molecular weight excluding hydrogens is 467 g/mol. The number of imidazole rings is 1. The SMILES string of the molecule is CCNC(=O)Nc1ccc(OCC2COC(Cn3ccnc3)(c3ccc(Cl)cc3Cl)O2)cc1. The Kier molecular flexibility index (Phi) is 7.39. The maximum absolute atomic E-state index is 11.6. The third-order valence-electron chi connectivity index (χ3n) is 5.04. The monoisotopic (exact) mass is 490 g/mol. The van der Waals surface area contributed by atoms with Gasteiger partial charge in [0.15, 0.2) is 0 Å². The highest BCUT2D eigenvalue weighted by Gasteiger charge is 2.45. The molecule has 3 aromatic rings. The molecule has 1 aliphatic heterocycles. The summed E-state index contributed by atoms with van der Waals surface area (Å²) in [4.78, 5) is 15.7. The summed E-state index contributed by atoms with van der Waals surface area (Å²) in [6.07, 6.45) is 4.89. The van der Waals surface area contributed by atoms with Gasteiger partial charge in [0, 0.05) is 35.2 Å². The van der Waals surface area contributed by atoms with Gasteiger partial charge in [0.1, 0.15) is 18.5 Å². The van der Waals surface area contributed by atoms with Crippen LogP contribution in [0.2, 0.25) is 10.0 Å². The predicted molar refractivity (Wildman–Crippen MR) is 126 cm³/mol. The van der Waals surface area contributed by atoms with E-state index in [9.17, 15) is 4.79 Å². The third-order valence-corrected chi connectivity index (χ3v) is 5.58.